The standard InChI is InChI=1S/C29H33ClN6O4/c1-3-34(4-2)22-6-5-7-24(11-22)40-25-10-21(9-23(12-25)36(38)39)32-26(37)28-13-19-8-20(14-28)16-29(15-19,17-28)35-18-31-27(30)33-35/h5-7,9-12,18-20H,3-4,8,13-17H2,1-2H3,(H,32,37). The van der Waals surface area contributed by atoms with Gasteiger partial charge in [-0.15, -0.1) is 5.10 Å². The molecule has 10 nitrogen and oxygen atoms in total. The molecular weight excluding hydrogens is 532 g/mol. The van der Waals surface area contributed by atoms with Crippen molar-refractivity contribution in [3.05, 3.63) is 64.2 Å². The number of hydrogen-bond acceptors (Lipinski definition) is 7. The summed E-state index contributed by atoms with van der Waals surface area (Å²) in [5.74, 6) is 1.58. The average Bonchev–Trinajstić information content (AvgIpc) is 3.36. The van der Waals surface area contributed by atoms with Gasteiger partial charge in [0.25, 0.3) is 5.69 Å². The molecule has 0 saturated heterocycles. The SMILES string of the molecule is CCN(CC)c1cccc(Oc2cc(NC(=O)C34CC5CC(C3)CC(n3cnc(Cl)n3)(C5)C4)cc([N+](=O)[O-])c2)c1. The fourth-order valence-electron chi connectivity index (χ4n) is 7.77. The van der Waals surface area contributed by atoms with E-state index in [2.05, 4.69) is 34.1 Å². The first-order valence-electron chi connectivity index (χ1n) is 13.9. The van der Waals surface area contributed by atoms with E-state index >= 15 is 0 Å². The number of rotatable bonds is 9. The first-order valence-corrected chi connectivity index (χ1v) is 14.3. The predicted molar refractivity (Wildman–Crippen MR) is 152 cm³/mol. The normalized spacial score (nSPS) is 26.5. The van der Waals surface area contributed by atoms with Crippen LogP contribution < -0.4 is 15.0 Å². The van der Waals surface area contributed by atoms with E-state index in [-0.39, 0.29) is 22.4 Å². The van der Waals surface area contributed by atoms with Crippen molar-refractivity contribution < 1.29 is 14.5 Å². The molecule has 4 aliphatic rings. The Kier molecular flexibility index (Phi) is 6.68. The second-order valence-electron chi connectivity index (χ2n) is 11.6. The first kappa shape index (κ1) is 26.6. The second kappa shape index (κ2) is 10.1. The monoisotopic (exact) mass is 564 g/mol. The Balaban J connectivity index is 1.27. The fraction of sp³-hybridized carbons (Fsp3) is 0.483. The third kappa shape index (κ3) is 4.78. The van der Waals surface area contributed by atoms with Crippen molar-refractivity contribution in [2.75, 3.05) is 23.3 Å². The van der Waals surface area contributed by atoms with Crippen LogP contribution in [0, 0.1) is 27.4 Å². The number of nitro benzene ring substituents is 1. The lowest BCUT2D eigenvalue weighted by Crippen LogP contribution is -2.60. The Morgan fingerprint density at radius 3 is 2.55 bits per heavy atom. The van der Waals surface area contributed by atoms with Gasteiger partial charge in [-0.1, -0.05) is 6.07 Å². The highest BCUT2D eigenvalue weighted by molar-refractivity contribution is 6.28. The minimum Gasteiger partial charge on any atom is -0.457 e. The molecule has 4 saturated carbocycles. The van der Waals surface area contributed by atoms with Crippen molar-refractivity contribution in [1.82, 2.24) is 14.8 Å². The molecule has 4 bridgehead atoms. The van der Waals surface area contributed by atoms with E-state index in [1.165, 1.54) is 12.1 Å². The van der Waals surface area contributed by atoms with Crippen LogP contribution in [0.25, 0.3) is 0 Å². The molecule has 4 aliphatic carbocycles. The smallest absolute Gasteiger partial charge is 0.275 e. The van der Waals surface area contributed by atoms with Crippen LogP contribution in [0.15, 0.2) is 48.8 Å². The number of non-ortho nitro benzene ring substituents is 1. The molecule has 7 rings (SSSR count). The molecule has 0 aliphatic heterocycles. The molecule has 0 spiro atoms. The number of benzene rings is 2. The van der Waals surface area contributed by atoms with E-state index in [1.54, 1.807) is 12.4 Å². The number of nitrogens with zero attached hydrogens (tertiary/aromatic N) is 5. The number of hydrogen-bond donors (Lipinski definition) is 1. The van der Waals surface area contributed by atoms with Gasteiger partial charge >= 0.3 is 0 Å². The zero-order valence-corrected chi connectivity index (χ0v) is 23.4. The van der Waals surface area contributed by atoms with Crippen LogP contribution in [0.3, 0.4) is 0 Å². The summed E-state index contributed by atoms with van der Waals surface area (Å²) in [5, 5.41) is 19.5. The van der Waals surface area contributed by atoms with Gasteiger partial charge in [-0.2, -0.15) is 0 Å². The Morgan fingerprint density at radius 1 is 1.15 bits per heavy atom. The van der Waals surface area contributed by atoms with Gasteiger partial charge in [-0.25, -0.2) is 9.67 Å². The molecule has 3 aromatic rings. The van der Waals surface area contributed by atoms with Gasteiger partial charge in [0.1, 0.15) is 17.8 Å². The van der Waals surface area contributed by atoms with Crippen LogP contribution >= 0.6 is 11.6 Å². The molecule has 0 radical (unpaired) electrons. The summed E-state index contributed by atoms with van der Waals surface area (Å²) < 4.78 is 7.96. The molecule has 1 amide bonds. The van der Waals surface area contributed by atoms with E-state index in [0.717, 1.165) is 50.9 Å². The molecule has 4 fully saturated rings. The van der Waals surface area contributed by atoms with Crippen LogP contribution in [0.2, 0.25) is 5.28 Å². The maximum atomic E-state index is 14.0. The lowest BCUT2D eigenvalue weighted by molar-refractivity contribution is -0.384. The summed E-state index contributed by atoms with van der Waals surface area (Å²) in [6.07, 6.45) is 6.96. The van der Waals surface area contributed by atoms with Crippen molar-refractivity contribution in [3.8, 4) is 11.5 Å². The molecule has 11 heteroatoms. The molecule has 1 heterocycles. The molecule has 2 unspecified atom stereocenters. The Morgan fingerprint density at radius 2 is 1.90 bits per heavy atom. The molecule has 2 atom stereocenters. The van der Waals surface area contributed by atoms with Crippen LogP contribution in [0.1, 0.15) is 52.4 Å². The summed E-state index contributed by atoms with van der Waals surface area (Å²) >= 11 is 6.07. The van der Waals surface area contributed by atoms with E-state index in [9.17, 15) is 14.9 Å². The maximum absolute atomic E-state index is 14.0. The minimum atomic E-state index is -0.577. The van der Waals surface area contributed by atoms with Gasteiger partial charge in [0.05, 0.1) is 27.6 Å². The number of carbonyl (C=O) groups is 1. The number of amides is 1. The van der Waals surface area contributed by atoms with Crippen LogP contribution in [0.4, 0.5) is 17.1 Å². The van der Waals surface area contributed by atoms with Crippen LogP contribution in [-0.4, -0.2) is 38.7 Å². The molecule has 1 N–H and O–H groups in total. The third-order valence-corrected chi connectivity index (χ3v) is 9.18. The van der Waals surface area contributed by atoms with E-state index in [1.807, 2.05) is 28.9 Å². The number of aromatic nitrogens is 3. The van der Waals surface area contributed by atoms with Gasteiger partial charge in [0.2, 0.25) is 11.2 Å². The zero-order valence-electron chi connectivity index (χ0n) is 22.7. The van der Waals surface area contributed by atoms with Crippen LogP contribution in [-0.2, 0) is 10.3 Å². The van der Waals surface area contributed by atoms with E-state index in [4.69, 9.17) is 16.3 Å². The number of anilines is 2. The molecule has 1 aromatic heterocycles. The lowest BCUT2D eigenvalue weighted by atomic mass is 9.46. The lowest BCUT2D eigenvalue weighted by Gasteiger charge is -2.60. The topological polar surface area (TPSA) is 115 Å². The maximum Gasteiger partial charge on any atom is 0.275 e. The van der Waals surface area contributed by atoms with Crippen LogP contribution in [0.5, 0.6) is 11.5 Å². The average molecular weight is 565 g/mol. The van der Waals surface area contributed by atoms with Crippen molar-refractivity contribution in [3.63, 3.8) is 0 Å². The summed E-state index contributed by atoms with van der Waals surface area (Å²) in [6.45, 7) is 5.86. The Labute approximate surface area is 237 Å². The molecular formula is C29H33ClN6O4. The van der Waals surface area contributed by atoms with E-state index < -0.39 is 10.3 Å². The zero-order chi connectivity index (χ0) is 28.1. The third-order valence-electron chi connectivity index (χ3n) is 9.00. The van der Waals surface area contributed by atoms with Crippen molar-refractivity contribution in [2.24, 2.45) is 17.3 Å². The molecule has 2 aromatic carbocycles. The number of nitro groups is 1. The number of nitrogens with one attached hydrogen (secondary N) is 1. The highest BCUT2D eigenvalue weighted by atomic mass is 35.5. The Hall–Kier alpha value is -3.66. The second-order valence-corrected chi connectivity index (χ2v) is 12.0. The van der Waals surface area contributed by atoms with E-state index in [0.29, 0.717) is 35.4 Å². The quantitative estimate of drug-likeness (QED) is 0.236. The van der Waals surface area contributed by atoms with Gasteiger partial charge in [0.15, 0.2) is 0 Å². The van der Waals surface area contributed by atoms with Gasteiger partial charge in [-0.05, 0) is 87.9 Å². The van der Waals surface area contributed by atoms with Crippen molar-refractivity contribution >= 4 is 34.6 Å². The Bertz CT molecular complexity index is 1440. The summed E-state index contributed by atoms with van der Waals surface area (Å²) in [7, 11) is 0. The summed E-state index contributed by atoms with van der Waals surface area (Å²) in [4.78, 5) is 31.6. The van der Waals surface area contributed by atoms with Gasteiger partial charge in [-0.3, -0.25) is 14.9 Å². The van der Waals surface area contributed by atoms with Gasteiger partial charge in [0, 0.05) is 37.0 Å². The highest BCUT2D eigenvalue weighted by Crippen LogP contribution is 2.64. The first-order chi connectivity index (χ1) is 19.2. The fourth-order valence-corrected chi connectivity index (χ4v) is 7.90. The summed E-state index contributed by atoms with van der Waals surface area (Å²) in [5.41, 5.74) is 0.348. The predicted octanol–water partition coefficient (Wildman–Crippen LogP) is 6.41. The number of carbonyl (C=O) groups excluding carboxylic acids is 1. The number of halogens is 1. The molecule has 40 heavy (non-hydrogen) atoms. The summed E-state index contributed by atoms with van der Waals surface area (Å²) in [6, 6.07) is 12.1. The number of ether oxygens (including phenoxy) is 1. The highest BCUT2D eigenvalue weighted by Gasteiger charge is 2.61. The van der Waals surface area contributed by atoms with Gasteiger partial charge < -0.3 is 15.0 Å². The van der Waals surface area contributed by atoms with Crippen molar-refractivity contribution in [1.29, 1.82) is 0 Å². The minimum absolute atomic E-state index is 0.104. The largest absolute Gasteiger partial charge is 0.457 e. The molecule has 210 valence electrons. The van der Waals surface area contributed by atoms with Crippen molar-refractivity contribution in [2.45, 2.75) is 57.9 Å².